The van der Waals surface area contributed by atoms with Crippen LogP contribution in [0, 0.1) is 0 Å². The minimum atomic E-state index is -0.674. The predicted molar refractivity (Wildman–Crippen MR) is 90.7 cm³/mol. The van der Waals surface area contributed by atoms with Gasteiger partial charge < -0.3 is 14.9 Å². The number of hydrogen-bond acceptors (Lipinski definition) is 4. The highest BCUT2D eigenvalue weighted by Crippen LogP contribution is 2.40. The van der Waals surface area contributed by atoms with Crippen LogP contribution < -0.4 is 5.32 Å². The maximum absolute atomic E-state index is 12.2. The van der Waals surface area contributed by atoms with Gasteiger partial charge in [-0.05, 0) is 57.2 Å². The molecule has 1 aliphatic carbocycles. The van der Waals surface area contributed by atoms with Gasteiger partial charge >= 0.3 is 0 Å². The van der Waals surface area contributed by atoms with Gasteiger partial charge in [0.25, 0.3) is 5.91 Å². The summed E-state index contributed by atoms with van der Waals surface area (Å²) in [7, 11) is 0. The van der Waals surface area contributed by atoms with Gasteiger partial charge in [-0.3, -0.25) is 4.79 Å². The van der Waals surface area contributed by atoms with Crippen LogP contribution in [0.3, 0.4) is 0 Å². The highest BCUT2D eigenvalue weighted by molar-refractivity contribution is 5.94. The molecular formula is C19H24N2O3. The summed E-state index contributed by atoms with van der Waals surface area (Å²) in [5.74, 6) is 1.33. The second-order valence-corrected chi connectivity index (χ2v) is 7.19. The first-order chi connectivity index (χ1) is 11.4. The van der Waals surface area contributed by atoms with Crippen LogP contribution in [0.15, 0.2) is 34.9 Å². The molecule has 0 unspecified atom stereocenters. The fraction of sp³-hybridized carbons (Fsp3) is 0.474. The van der Waals surface area contributed by atoms with Crippen molar-refractivity contribution < 1.29 is 14.4 Å². The van der Waals surface area contributed by atoms with Gasteiger partial charge in [0.1, 0.15) is 11.5 Å². The summed E-state index contributed by atoms with van der Waals surface area (Å²) in [6.07, 6.45) is 3.81. The van der Waals surface area contributed by atoms with E-state index < -0.39 is 5.60 Å². The van der Waals surface area contributed by atoms with Crippen molar-refractivity contribution in [3.05, 3.63) is 52.9 Å². The van der Waals surface area contributed by atoms with E-state index in [9.17, 15) is 9.90 Å². The van der Waals surface area contributed by atoms with E-state index in [1.807, 2.05) is 30.3 Å². The standard InChI is InChI=1S/C19H24N2O3/c1-19(2,23)10-9-13-3-5-15(6-4-13)18(22)20-12-16-11-17(24-21-16)14-7-8-14/h3-6,11,14,23H,7-10,12H2,1-2H3,(H,20,22). The summed E-state index contributed by atoms with van der Waals surface area (Å²) in [4.78, 5) is 12.2. The topological polar surface area (TPSA) is 75.4 Å². The molecule has 1 aromatic heterocycles. The molecule has 5 nitrogen and oxygen atoms in total. The number of rotatable bonds is 7. The number of carbonyl (C=O) groups is 1. The molecule has 0 bridgehead atoms. The van der Waals surface area contributed by atoms with Crippen LogP contribution >= 0.6 is 0 Å². The zero-order valence-corrected chi connectivity index (χ0v) is 14.2. The fourth-order valence-corrected chi connectivity index (χ4v) is 2.52. The van der Waals surface area contributed by atoms with E-state index in [1.165, 1.54) is 12.8 Å². The molecule has 2 aromatic rings. The first-order valence-electron chi connectivity index (χ1n) is 8.46. The summed E-state index contributed by atoms with van der Waals surface area (Å²) in [5, 5.41) is 16.6. The van der Waals surface area contributed by atoms with Crippen molar-refractivity contribution >= 4 is 5.91 Å². The first-order valence-corrected chi connectivity index (χ1v) is 8.46. The maximum Gasteiger partial charge on any atom is 0.251 e. The number of benzene rings is 1. The van der Waals surface area contributed by atoms with E-state index in [4.69, 9.17) is 4.52 Å². The van der Waals surface area contributed by atoms with E-state index in [1.54, 1.807) is 13.8 Å². The second kappa shape index (κ2) is 6.77. The smallest absolute Gasteiger partial charge is 0.251 e. The van der Waals surface area contributed by atoms with Crippen molar-refractivity contribution in [1.29, 1.82) is 0 Å². The van der Waals surface area contributed by atoms with Crippen LogP contribution in [0.25, 0.3) is 0 Å². The number of amides is 1. The zero-order valence-electron chi connectivity index (χ0n) is 14.2. The van der Waals surface area contributed by atoms with Crippen LogP contribution in [0.1, 0.15) is 66.4 Å². The minimum Gasteiger partial charge on any atom is -0.390 e. The highest BCUT2D eigenvalue weighted by Gasteiger charge is 2.27. The molecule has 128 valence electrons. The van der Waals surface area contributed by atoms with Crippen LogP contribution in [0.4, 0.5) is 0 Å². The monoisotopic (exact) mass is 328 g/mol. The lowest BCUT2D eigenvalue weighted by Gasteiger charge is -2.16. The molecule has 3 rings (SSSR count). The number of aliphatic hydroxyl groups is 1. The van der Waals surface area contributed by atoms with Gasteiger partial charge in [-0.15, -0.1) is 0 Å². The molecule has 5 heteroatoms. The van der Waals surface area contributed by atoms with Gasteiger partial charge in [0, 0.05) is 17.5 Å². The number of nitrogens with zero attached hydrogens (tertiary/aromatic N) is 1. The summed E-state index contributed by atoms with van der Waals surface area (Å²) in [6.45, 7) is 3.97. The summed E-state index contributed by atoms with van der Waals surface area (Å²) in [5.41, 5.74) is 1.81. The normalized spacial score (nSPS) is 14.6. The van der Waals surface area contributed by atoms with Crippen LogP contribution in [-0.2, 0) is 13.0 Å². The molecule has 0 aliphatic heterocycles. The third-order valence-corrected chi connectivity index (χ3v) is 4.23. The van der Waals surface area contributed by atoms with E-state index in [2.05, 4.69) is 10.5 Å². The average Bonchev–Trinajstić information content (AvgIpc) is 3.29. The lowest BCUT2D eigenvalue weighted by molar-refractivity contribution is 0.0713. The molecule has 1 aromatic carbocycles. The third-order valence-electron chi connectivity index (χ3n) is 4.23. The lowest BCUT2D eigenvalue weighted by Crippen LogP contribution is -2.23. The number of aromatic nitrogens is 1. The Morgan fingerprint density at radius 1 is 1.33 bits per heavy atom. The maximum atomic E-state index is 12.2. The van der Waals surface area contributed by atoms with Crippen molar-refractivity contribution in [2.45, 2.75) is 57.6 Å². The third kappa shape index (κ3) is 4.68. The van der Waals surface area contributed by atoms with Crippen molar-refractivity contribution in [3.8, 4) is 0 Å². The molecule has 1 saturated carbocycles. The van der Waals surface area contributed by atoms with Gasteiger partial charge in [0.05, 0.1) is 12.1 Å². The van der Waals surface area contributed by atoms with Gasteiger partial charge in [0.15, 0.2) is 0 Å². The summed E-state index contributed by atoms with van der Waals surface area (Å²) >= 11 is 0. The highest BCUT2D eigenvalue weighted by atomic mass is 16.5. The molecule has 0 spiro atoms. The predicted octanol–water partition coefficient (Wildman–Crippen LogP) is 3.19. The molecule has 1 heterocycles. The fourth-order valence-electron chi connectivity index (χ4n) is 2.52. The lowest BCUT2D eigenvalue weighted by atomic mass is 9.98. The van der Waals surface area contributed by atoms with Gasteiger partial charge in [0.2, 0.25) is 0 Å². The van der Waals surface area contributed by atoms with Crippen LogP contribution in [-0.4, -0.2) is 21.8 Å². The van der Waals surface area contributed by atoms with Crippen LogP contribution in [0.5, 0.6) is 0 Å². The molecule has 1 fully saturated rings. The molecule has 0 atom stereocenters. The Hall–Kier alpha value is -2.14. The Balaban J connectivity index is 1.50. The van der Waals surface area contributed by atoms with E-state index >= 15 is 0 Å². The minimum absolute atomic E-state index is 0.125. The van der Waals surface area contributed by atoms with E-state index in [0.29, 0.717) is 24.4 Å². The Morgan fingerprint density at radius 3 is 2.67 bits per heavy atom. The van der Waals surface area contributed by atoms with Gasteiger partial charge in [-0.2, -0.15) is 0 Å². The molecule has 2 N–H and O–H groups in total. The molecule has 24 heavy (non-hydrogen) atoms. The summed E-state index contributed by atoms with van der Waals surface area (Å²) < 4.78 is 5.27. The average molecular weight is 328 g/mol. The SMILES string of the molecule is CC(C)(O)CCc1ccc(C(=O)NCc2cc(C3CC3)on2)cc1. The molecule has 1 aliphatic rings. The Bertz CT molecular complexity index is 694. The number of hydrogen-bond donors (Lipinski definition) is 2. The van der Waals surface area contributed by atoms with Gasteiger partial charge in [-0.1, -0.05) is 17.3 Å². The number of aryl methyl sites for hydroxylation is 1. The molecule has 0 radical (unpaired) electrons. The van der Waals surface area contributed by atoms with Crippen molar-refractivity contribution in [3.63, 3.8) is 0 Å². The Morgan fingerprint density at radius 2 is 2.04 bits per heavy atom. The van der Waals surface area contributed by atoms with Crippen LogP contribution in [0.2, 0.25) is 0 Å². The molecule has 1 amide bonds. The number of carbonyl (C=O) groups excluding carboxylic acids is 1. The van der Waals surface area contributed by atoms with Crippen molar-refractivity contribution in [2.24, 2.45) is 0 Å². The Labute approximate surface area is 142 Å². The Kier molecular flexibility index (Phi) is 4.71. The van der Waals surface area contributed by atoms with E-state index in [-0.39, 0.29) is 5.91 Å². The van der Waals surface area contributed by atoms with Gasteiger partial charge in [-0.25, -0.2) is 0 Å². The van der Waals surface area contributed by atoms with Crippen molar-refractivity contribution in [1.82, 2.24) is 10.5 Å². The quantitative estimate of drug-likeness (QED) is 0.818. The molecule has 0 saturated heterocycles. The second-order valence-electron chi connectivity index (χ2n) is 7.19. The number of nitrogens with one attached hydrogen (secondary N) is 1. The largest absolute Gasteiger partial charge is 0.390 e. The first kappa shape index (κ1) is 16.7. The zero-order chi connectivity index (χ0) is 17.2. The van der Waals surface area contributed by atoms with E-state index in [0.717, 1.165) is 23.4 Å². The summed E-state index contributed by atoms with van der Waals surface area (Å²) in [6, 6.07) is 9.42. The van der Waals surface area contributed by atoms with Crippen molar-refractivity contribution in [2.75, 3.05) is 0 Å². The molecular weight excluding hydrogens is 304 g/mol.